The Hall–Kier alpha value is -1.51. The lowest BCUT2D eigenvalue weighted by Crippen LogP contribution is -2.32. The third-order valence-electron chi connectivity index (χ3n) is 3.60. The van der Waals surface area contributed by atoms with E-state index in [1.54, 1.807) is 6.92 Å². The Labute approximate surface area is 116 Å². The van der Waals surface area contributed by atoms with E-state index in [9.17, 15) is 23.6 Å². The smallest absolute Gasteiger partial charge is 0.270 e. The molecule has 8 heteroatoms. The van der Waals surface area contributed by atoms with Crippen LogP contribution >= 0.6 is 0 Å². The molecule has 0 heterocycles. The number of nitrogens with one attached hydrogen (secondary N) is 1. The molecule has 1 saturated carbocycles. The predicted octanol–water partition coefficient (Wildman–Crippen LogP) is 0.954. The number of hydrogen-bond donors (Lipinski definition) is 2. The van der Waals surface area contributed by atoms with Gasteiger partial charge < -0.3 is 5.11 Å². The van der Waals surface area contributed by atoms with Crippen molar-refractivity contribution in [2.24, 2.45) is 5.41 Å². The number of nitro benzene ring substituents is 1. The van der Waals surface area contributed by atoms with Crippen LogP contribution in [0.5, 0.6) is 0 Å². The van der Waals surface area contributed by atoms with Crippen molar-refractivity contribution < 1.29 is 18.4 Å². The van der Waals surface area contributed by atoms with Crippen LogP contribution < -0.4 is 4.72 Å². The van der Waals surface area contributed by atoms with Crippen molar-refractivity contribution in [1.82, 2.24) is 4.72 Å². The summed E-state index contributed by atoms with van der Waals surface area (Å²) in [6.07, 6.45) is 1.56. The zero-order valence-electron chi connectivity index (χ0n) is 11.0. The second kappa shape index (κ2) is 5.12. The Morgan fingerprint density at radius 3 is 2.60 bits per heavy atom. The summed E-state index contributed by atoms with van der Waals surface area (Å²) in [7, 11) is -3.82. The summed E-state index contributed by atoms with van der Waals surface area (Å²) in [5.74, 6) is 0. The van der Waals surface area contributed by atoms with Gasteiger partial charge in [-0.05, 0) is 25.3 Å². The molecule has 0 amide bonds. The molecule has 20 heavy (non-hydrogen) atoms. The van der Waals surface area contributed by atoms with E-state index < -0.39 is 14.9 Å². The maximum Gasteiger partial charge on any atom is 0.270 e. The predicted molar refractivity (Wildman–Crippen MR) is 71.8 cm³/mol. The zero-order valence-corrected chi connectivity index (χ0v) is 11.8. The average molecular weight is 300 g/mol. The van der Waals surface area contributed by atoms with Crippen molar-refractivity contribution >= 4 is 15.7 Å². The van der Waals surface area contributed by atoms with Gasteiger partial charge in [-0.3, -0.25) is 10.1 Å². The molecule has 0 spiro atoms. The van der Waals surface area contributed by atoms with Gasteiger partial charge in [0.15, 0.2) is 0 Å². The van der Waals surface area contributed by atoms with Crippen LogP contribution in [0, 0.1) is 22.5 Å². The first-order valence-electron chi connectivity index (χ1n) is 6.15. The summed E-state index contributed by atoms with van der Waals surface area (Å²) in [5, 5.41) is 19.9. The number of non-ortho nitro benzene ring substituents is 1. The number of nitro groups is 1. The highest BCUT2D eigenvalue weighted by Crippen LogP contribution is 2.44. The topological polar surface area (TPSA) is 110 Å². The van der Waals surface area contributed by atoms with Crippen molar-refractivity contribution in [2.45, 2.75) is 24.7 Å². The van der Waals surface area contributed by atoms with Crippen LogP contribution in [0.25, 0.3) is 0 Å². The maximum atomic E-state index is 12.2. The molecule has 0 aliphatic heterocycles. The lowest BCUT2D eigenvalue weighted by molar-refractivity contribution is -0.385. The minimum atomic E-state index is -3.82. The monoisotopic (exact) mass is 300 g/mol. The SMILES string of the molecule is Cc1ccc([N+](=O)[O-])cc1S(=O)(=O)NCC1(CO)CC1. The summed E-state index contributed by atoms with van der Waals surface area (Å²) in [6, 6.07) is 3.73. The fourth-order valence-corrected chi connectivity index (χ4v) is 3.30. The molecule has 0 unspecified atom stereocenters. The van der Waals surface area contributed by atoms with E-state index in [1.165, 1.54) is 12.1 Å². The number of aliphatic hydroxyl groups excluding tert-OH is 1. The number of rotatable bonds is 6. The van der Waals surface area contributed by atoms with Gasteiger partial charge in [-0.25, -0.2) is 13.1 Å². The van der Waals surface area contributed by atoms with Crippen LogP contribution in [-0.4, -0.2) is 31.6 Å². The first-order valence-corrected chi connectivity index (χ1v) is 7.64. The van der Waals surface area contributed by atoms with Crippen LogP contribution in [-0.2, 0) is 10.0 Å². The van der Waals surface area contributed by atoms with Crippen molar-refractivity contribution in [2.75, 3.05) is 13.2 Å². The van der Waals surface area contributed by atoms with E-state index in [0.717, 1.165) is 18.9 Å². The average Bonchev–Trinajstić information content (AvgIpc) is 3.17. The first kappa shape index (κ1) is 14.9. The molecule has 0 bridgehead atoms. The highest BCUT2D eigenvalue weighted by Gasteiger charge is 2.42. The Morgan fingerprint density at radius 1 is 1.45 bits per heavy atom. The molecule has 0 aromatic heterocycles. The third kappa shape index (κ3) is 2.97. The summed E-state index contributed by atoms with van der Waals surface area (Å²) in [6.45, 7) is 1.66. The quantitative estimate of drug-likeness (QED) is 0.600. The van der Waals surface area contributed by atoms with Gasteiger partial charge >= 0.3 is 0 Å². The lowest BCUT2D eigenvalue weighted by atomic mass is 10.1. The Kier molecular flexibility index (Phi) is 3.81. The van der Waals surface area contributed by atoms with Crippen LogP contribution in [0.3, 0.4) is 0 Å². The van der Waals surface area contributed by atoms with Gasteiger partial charge in [-0.15, -0.1) is 0 Å². The third-order valence-corrected chi connectivity index (χ3v) is 5.15. The Morgan fingerprint density at radius 2 is 2.10 bits per heavy atom. The Balaban J connectivity index is 2.24. The molecule has 110 valence electrons. The summed E-state index contributed by atoms with van der Waals surface area (Å²) >= 11 is 0. The van der Waals surface area contributed by atoms with Gasteiger partial charge in [0.2, 0.25) is 10.0 Å². The van der Waals surface area contributed by atoms with E-state index >= 15 is 0 Å². The van der Waals surface area contributed by atoms with E-state index in [0.29, 0.717) is 5.56 Å². The highest BCUT2D eigenvalue weighted by molar-refractivity contribution is 7.89. The second-order valence-corrected chi connectivity index (χ2v) is 6.92. The largest absolute Gasteiger partial charge is 0.396 e. The van der Waals surface area contributed by atoms with Gasteiger partial charge in [-0.1, -0.05) is 6.07 Å². The highest BCUT2D eigenvalue weighted by atomic mass is 32.2. The van der Waals surface area contributed by atoms with Gasteiger partial charge in [0.1, 0.15) is 0 Å². The van der Waals surface area contributed by atoms with Crippen LogP contribution in [0.15, 0.2) is 23.1 Å². The summed E-state index contributed by atoms with van der Waals surface area (Å²) in [5.41, 5.74) is -0.182. The van der Waals surface area contributed by atoms with Crippen LogP contribution in [0.4, 0.5) is 5.69 Å². The molecule has 2 rings (SSSR count). The molecule has 7 nitrogen and oxygen atoms in total. The standard InChI is InChI=1S/C12H16N2O5S/c1-9-2-3-10(14(16)17)6-11(9)20(18,19)13-7-12(8-15)4-5-12/h2-3,6,13,15H,4-5,7-8H2,1H3. The summed E-state index contributed by atoms with van der Waals surface area (Å²) in [4.78, 5) is 9.99. The van der Waals surface area contributed by atoms with Crippen LogP contribution in [0.2, 0.25) is 0 Å². The number of aliphatic hydroxyl groups is 1. The van der Waals surface area contributed by atoms with Crippen molar-refractivity contribution in [1.29, 1.82) is 0 Å². The second-order valence-electron chi connectivity index (χ2n) is 5.19. The maximum absolute atomic E-state index is 12.2. The van der Waals surface area contributed by atoms with E-state index in [2.05, 4.69) is 4.72 Å². The minimum absolute atomic E-state index is 0.0660. The number of sulfonamides is 1. The van der Waals surface area contributed by atoms with Crippen molar-refractivity contribution in [3.8, 4) is 0 Å². The molecule has 1 aliphatic rings. The molecule has 1 aromatic rings. The fourth-order valence-electron chi connectivity index (χ4n) is 1.89. The molecular weight excluding hydrogens is 284 g/mol. The molecular formula is C12H16N2O5S. The van der Waals surface area contributed by atoms with Crippen molar-refractivity contribution in [3.63, 3.8) is 0 Å². The number of hydrogen-bond acceptors (Lipinski definition) is 5. The van der Waals surface area contributed by atoms with E-state index in [4.69, 9.17) is 0 Å². The molecule has 0 atom stereocenters. The van der Waals surface area contributed by atoms with Crippen molar-refractivity contribution in [3.05, 3.63) is 33.9 Å². The van der Waals surface area contributed by atoms with Crippen LogP contribution in [0.1, 0.15) is 18.4 Å². The Bertz CT molecular complexity index is 637. The first-order chi connectivity index (χ1) is 9.30. The van der Waals surface area contributed by atoms with E-state index in [-0.39, 0.29) is 29.1 Å². The molecule has 0 radical (unpaired) electrons. The zero-order chi connectivity index (χ0) is 15.0. The van der Waals surface area contributed by atoms with Gasteiger partial charge in [-0.2, -0.15) is 0 Å². The molecule has 1 fully saturated rings. The normalized spacial score (nSPS) is 16.9. The fraction of sp³-hybridized carbons (Fsp3) is 0.500. The number of nitrogens with zero attached hydrogens (tertiary/aromatic N) is 1. The number of benzene rings is 1. The molecule has 2 N–H and O–H groups in total. The lowest BCUT2D eigenvalue weighted by Gasteiger charge is -2.14. The molecule has 1 aliphatic carbocycles. The summed E-state index contributed by atoms with van der Waals surface area (Å²) < 4.78 is 26.8. The minimum Gasteiger partial charge on any atom is -0.396 e. The van der Waals surface area contributed by atoms with Gasteiger partial charge in [0.05, 0.1) is 9.82 Å². The van der Waals surface area contributed by atoms with Gasteiger partial charge in [0.25, 0.3) is 5.69 Å². The number of aryl methyl sites for hydroxylation is 1. The molecule has 1 aromatic carbocycles. The van der Waals surface area contributed by atoms with Gasteiger partial charge in [0, 0.05) is 30.7 Å². The molecule has 0 saturated heterocycles. The van der Waals surface area contributed by atoms with E-state index in [1.807, 2.05) is 0 Å².